The van der Waals surface area contributed by atoms with Crippen molar-refractivity contribution in [3.05, 3.63) is 42.0 Å². The molecule has 0 saturated heterocycles. The van der Waals surface area contributed by atoms with Crippen LogP contribution in [0.5, 0.6) is 5.75 Å². The lowest BCUT2D eigenvalue weighted by atomic mass is 9.94. The second-order valence-corrected chi connectivity index (χ2v) is 5.48. The number of hydrogen-bond donors (Lipinski definition) is 1. The highest BCUT2D eigenvalue weighted by molar-refractivity contribution is 5.91. The van der Waals surface area contributed by atoms with Crippen molar-refractivity contribution in [1.29, 1.82) is 0 Å². The molecule has 0 amide bonds. The van der Waals surface area contributed by atoms with Crippen molar-refractivity contribution < 1.29 is 4.74 Å². The standard InChI is InChI=1S/C17H23NO/c1-12(2)8-10-16(18)14-9-11-17(19-3)15-7-5-4-6-13(14)15/h4-7,9,11-12,16H,8,10,18H2,1-3H3/t16-/m1/s1. The van der Waals surface area contributed by atoms with E-state index in [-0.39, 0.29) is 6.04 Å². The van der Waals surface area contributed by atoms with Gasteiger partial charge in [0, 0.05) is 11.4 Å². The molecule has 0 saturated carbocycles. The van der Waals surface area contributed by atoms with Crippen LogP contribution in [-0.2, 0) is 0 Å². The number of benzene rings is 2. The first kappa shape index (κ1) is 13.9. The van der Waals surface area contributed by atoms with Crippen LogP contribution in [0.4, 0.5) is 0 Å². The predicted octanol–water partition coefficient (Wildman–Crippen LogP) is 4.28. The first-order chi connectivity index (χ1) is 9.13. The van der Waals surface area contributed by atoms with Crippen LogP contribution in [0.2, 0.25) is 0 Å². The molecule has 2 rings (SSSR count). The maximum absolute atomic E-state index is 6.36. The van der Waals surface area contributed by atoms with E-state index in [1.807, 2.05) is 12.1 Å². The van der Waals surface area contributed by atoms with E-state index in [2.05, 4.69) is 38.1 Å². The van der Waals surface area contributed by atoms with Gasteiger partial charge in [0.1, 0.15) is 5.75 Å². The van der Waals surface area contributed by atoms with Crippen molar-refractivity contribution in [3.8, 4) is 5.75 Å². The maximum atomic E-state index is 6.36. The Morgan fingerprint density at radius 3 is 2.32 bits per heavy atom. The zero-order valence-electron chi connectivity index (χ0n) is 12.0. The first-order valence-corrected chi connectivity index (χ1v) is 6.94. The highest BCUT2D eigenvalue weighted by Crippen LogP contribution is 2.32. The topological polar surface area (TPSA) is 35.2 Å². The number of nitrogens with two attached hydrogens (primary N) is 1. The zero-order chi connectivity index (χ0) is 13.8. The Labute approximate surface area is 115 Å². The third kappa shape index (κ3) is 3.07. The van der Waals surface area contributed by atoms with E-state index in [4.69, 9.17) is 10.5 Å². The summed E-state index contributed by atoms with van der Waals surface area (Å²) in [4.78, 5) is 0. The fourth-order valence-electron chi connectivity index (χ4n) is 2.46. The summed E-state index contributed by atoms with van der Waals surface area (Å²) in [5.74, 6) is 1.60. The van der Waals surface area contributed by atoms with Gasteiger partial charge in [0.05, 0.1) is 7.11 Å². The summed E-state index contributed by atoms with van der Waals surface area (Å²) >= 11 is 0. The van der Waals surface area contributed by atoms with Crippen molar-refractivity contribution >= 4 is 10.8 Å². The normalized spacial score (nSPS) is 12.9. The van der Waals surface area contributed by atoms with E-state index in [9.17, 15) is 0 Å². The van der Waals surface area contributed by atoms with E-state index in [1.54, 1.807) is 7.11 Å². The molecule has 0 bridgehead atoms. The van der Waals surface area contributed by atoms with Crippen LogP contribution in [0.15, 0.2) is 36.4 Å². The molecule has 2 nitrogen and oxygen atoms in total. The Morgan fingerprint density at radius 2 is 1.68 bits per heavy atom. The molecule has 0 aliphatic carbocycles. The number of fused-ring (bicyclic) bond motifs is 1. The van der Waals surface area contributed by atoms with Gasteiger partial charge in [-0.2, -0.15) is 0 Å². The number of ether oxygens (including phenoxy) is 1. The van der Waals surface area contributed by atoms with Crippen molar-refractivity contribution in [3.63, 3.8) is 0 Å². The van der Waals surface area contributed by atoms with E-state index in [0.717, 1.165) is 24.0 Å². The van der Waals surface area contributed by atoms with Gasteiger partial charge in [-0.15, -0.1) is 0 Å². The van der Waals surface area contributed by atoms with Crippen LogP contribution in [-0.4, -0.2) is 7.11 Å². The molecule has 0 spiro atoms. The third-order valence-electron chi connectivity index (χ3n) is 3.59. The average molecular weight is 257 g/mol. The summed E-state index contributed by atoms with van der Waals surface area (Å²) in [7, 11) is 1.71. The van der Waals surface area contributed by atoms with E-state index >= 15 is 0 Å². The molecule has 2 heteroatoms. The largest absolute Gasteiger partial charge is 0.496 e. The molecule has 102 valence electrons. The average Bonchev–Trinajstić information content (AvgIpc) is 2.43. The van der Waals surface area contributed by atoms with Crippen LogP contribution in [0.1, 0.15) is 38.3 Å². The number of hydrogen-bond acceptors (Lipinski definition) is 2. The minimum absolute atomic E-state index is 0.0956. The van der Waals surface area contributed by atoms with Gasteiger partial charge in [-0.25, -0.2) is 0 Å². The molecule has 0 aliphatic rings. The van der Waals surface area contributed by atoms with E-state index in [0.29, 0.717) is 5.92 Å². The Kier molecular flexibility index (Phi) is 4.43. The molecule has 0 aliphatic heterocycles. The van der Waals surface area contributed by atoms with Gasteiger partial charge in [0.25, 0.3) is 0 Å². The van der Waals surface area contributed by atoms with Crippen molar-refractivity contribution in [2.24, 2.45) is 11.7 Å². The quantitative estimate of drug-likeness (QED) is 0.867. The van der Waals surface area contributed by atoms with Gasteiger partial charge in [-0.3, -0.25) is 0 Å². The van der Waals surface area contributed by atoms with Gasteiger partial charge < -0.3 is 10.5 Å². The summed E-state index contributed by atoms with van der Waals surface area (Å²) < 4.78 is 5.42. The molecule has 0 heterocycles. The summed E-state index contributed by atoms with van der Waals surface area (Å²) in [6.45, 7) is 4.47. The second-order valence-electron chi connectivity index (χ2n) is 5.48. The molecule has 2 aromatic rings. The fraction of sp³-hybridized carbons (Fsp3) is 0.412. The lowest BCUT2D eigenvalue weighted by Crippen LogP contribution is -2.11. The summed E-state index contributed by atoms with van der Waals surface area (Å²) in [6.07, 6.45) is 2.18. The molecular formula is C17H23NO. The summed E-state index contributed by atoms with van der Waals surface area (Å²) in [5, 5.41) is 2.35. The highest BCUT2D eigenvalue weighted by Gasteiger charge is 2.12. The number of rotatable bonds is 5. The van der Waals surface area contributed by atoms with Crippen LogP contribution in [0.3, 0.4) is 0 Å². The molecule has 0 radical (unpaired) electrons. The lowest BCUT2D eigenvalue weighted by Gasteiger charge is -2.17. The zero-order valence-corrected chi connectivity index (χ0v) is 12.0. The number of methoxy groups -OCH3 is 1. The maximum Gasteiger partial charge on any atom is 0.126 e. The molecule has 0 aromatic heterocycles. The summed E-state index contributed by atoms with van der Waals surface area (Å²) in [6, 6.07) is 12.5. The minimum Gasteiger partial charge on any atom is -0.496 e. The van der Waals surface area contributed by atoms with E-state index < -0.39 is 0 Å². The molecule has 19 heavy (non-hydrogen) atoms. The van der Waals surface area contributed by atoms with Gasteiger partial charge in [0.2, 0.25) is 0 Å². The summed E-state index contributed by atoms with van der Waals surface area (Å²) in [5.41, 5.74) is 7.58. The predicted molar refractivity (Wildman–Crippen MR) is 81.5 cm³/mol. The van der Waals surface area contributed by atoms with Crippen molar-refractivity contribution in [1.82, 2.24) is 0 Å². The molecule has 2 aromatic carbocycles. The SMILES string of the molecule is COc1ccc([C@H](N)CCC(C)C)c2ccccc12. The first-order valence-electron chi connectivity index (χ1n) is 6.94. The molecule has 2 N–H and O–H groups in total. The van der Waals surface area contributed by atoms with Crippen LogP contribution >= 0.6 is 0 Å². The highest BCUT2D eigenvalue weighted by atomic mass is 16.5. The van der Waals surface area contributed by atoms with E-state index in [1.165, 1.54) is 10.9 Å². The Hall–Kier alpha value is -1.54. The van der Waals surface area contributed by atoms with Crippen LogP contribution in [0.25, 0.3) is 10.8 Å². The van der Waals surface area contributed by atoms with Crippen molar-refractivity contribution in [2.75, 3.05) is 7.11 Å². The molecule has 1 atom stereocenters. The van der Waals surface area contributed by atoms with Crippen LogP contribution in [0, 0.1) is 5.92 Å². The van der Waals surface area contributed by atoms with Crippen molar-refractivity contribution in [2.45, 2.75) is 32.7 Å². The fourth-order valence-corrected chi connectivity index (χ4v) is 2.46. The van der Waals surface area contributed by atoms with Gasteiger partial charge >= 0.3 is 0 Å². The molecular weight excluding hydrogens is 234 g/mol. The van der Waals surface area contributed by atoms with Gasteiger partial charge in [-0.05, 0) is 35.8 Å². The third-order valence-corrected chi connectivity index (χ3v) is 3.59. The smallest absolute Gasteiger partial charge is 0.126 e. The minimum atomic E-state index is 0.0956. The Balaban J connectivity index is 2.38. The lowest BCUT2D eigenvalue weighted by molar-refractivity contribution is 0.419. The van der Waals surface area contributed by atoms with Gasteiger partial charge in [-0.1, -0.05) is 44.2 Å². The Morgan fingerprint density at radius 1 is 1.00 bits per heavy atom. The molecule has 0 fully saturated rings. The Bertz CT molecular complexity index is 548. The van der Waals surface area contributed by atoms with Gasteiger partial charge in [0.15, 0.2) is 0 Å². The second kappa shape index (κ2) is 6.07. The van der Waals surface area contributed by atoms with Crippen LogP contribution < -0.4 is 10.5 Å². The monoisotopic (exact) mass is 257 g/mol. The molecule has 0 unspecified atom stereocenters.